The highest BCUT2D eigenvalue weighted by atomic mass is 32.1. The molecule has 190 valence electrons. The van der Waals surface area contributed by atoms with Crippen molar-refractivity contribution in [2.45, 2.75) is 38.3 Å². The number of methoxy groups -OCH3 is 1. The summed E-state index contributed by atoms with van der Waals surface area (Å²) in [4.78, 5) is 19.7. The van der Waals surface area contributed by atoms with E-state index in [4.69, 9.17) is 4.74 Å². The summed E-state index contributed by atoms with van der Waals surface area (Å²) in [5, 5.41) is 4.42. The quantitative estimate of drug-likeness (QED) is 0.334. The van der Waals surface area contributed by atoms with Gasteiger partial charge in [-0.05, 0) is 73.2 Å². The zero-order valence-electron chi connectivity index (χ0n) is 21.5. The molecule has 0 spiro atoms. The van der Waals surface area contributed by atoms with Gasteiger partial charge in [0.2, 0.25) is 0 Å². The van der Waals surface area contributed by atoms with Gasteiger partial charge in [0.05, 0.1) is 31.1 Å². The van der Waals surface area contributed by atoms with E-state index < -0.39 is 0 Å². The number of benzene rings is 2. The molecule has 6 rings (SSSR count). The first-order valence-corrected chi connectivity index (χ1v) is 13.7. The lowest BCUT2D eigenvalue weighted by Gasteiger charge is -2.32. The summed E-state index contributed by atoms with van der Waals surface area (Å²) in [6.07, 6.45) is 6.81. The van der Waals surface area contributed by atoms with Gasteiger partial charge < -0.3 is 24.4 Å². The van der Waals surface area contributed by atoms with Crippen LogP contribution in [0, 0.1) is 0 Å². The van der Waals surface area contributed by atoms with Gasteiger partial charge in [-0.2, -0.15) is 0 Å². The van der Waals surface area contributed by atoms with Crippen LogP contribution in [0.5, 0.6) is 5.75 Å². The van der Waals surface area contributed by atoms with Gasteiger partial charge >= 0.3 is 6.03 Å². The van der Waals surface area contributed by atoms with E-state index >= 15 is 0 Å². The van der Waals surface area contributed by atoms with Crippen LogP contribution in [0.25, 0.3) is 5.00 Å². The highest BCUT2D eigenvalue weighted by molar-refractivity contribution is 7.15. The van der Waals surface area contributed by atoms with Gasteiger partial charge in [0, 0.05) is 36.4 Å². The average Bonchev–Trinajstić information content (AvgIpc) is 3.51. The van der Waals surface area contributed by atoms with Gasteiger partial charge in [0.15, 0.2) is 0 Å². The van der Waals surface area contributed by atoms with E-state index in [9.17, 15) is 4.79 Å². The van der Waals surface area contributed by atoms with Crippen LogP contribution in [0.2, 0.25) is 0 Å². The molecule has 2 amide bonds. The van der Waals surface area contributed by atoms with E-state index in [1.807, 2.05) is 54.6 Å². The number of hydrogen-bond acceptors (Lipinski definition) is 4. The summed E-state index contributed by atoms with van der Waals surface area (Å²) >= 11 is 1.90. The normalized spacial score (nSPS) is 16.3. The van der Waals surface area contributed by atoms with Gasteiger partial charge in [-0.25, -0.2) is 4.79 Å². The molecule has 0 radical (unpaired) electrons. The van der Waals surface area contributed by atoms with E-state index in [-0.39, 0.29) is 12.1 Å². The van der Waals surface area contributed by atoms with E-state index in [2.05, 4.69) is 57.4 Å². The minimum absolute atomic E-state index is 0.137. The molecule has 2 aromatic carbocycles. The minimum atomic E-state index is -0.236. The van der Waals surface area contributed by atoms with Crippen LogP contribution < -0.4 is 15.0 Å². The third-order valence-corrected chi connectivity index (χ3v) is 8.85. The molecule has 2 aromatic heterocycles. The molecule has 7 heteroatoms. The number of thiophene rings is 1. The number of hydrogen-bond donors (Lipinski definition) is 1. The summed E-state index contributed by atoms with van der Waals surface area (Å²) in [5.74, 6) is 0.648. The molecule has 1 aliphatic heterocycles. The summed E-state index contributed by atoms with van der Waals surface area (Å²) in [6.45, 7) is 0.559. The third kappa shape index (κ3) is 4.17. The largest absolute Gasteiger partial charge is 0.495 e. The monoisotopic (exact) mass is 512 g/mol. The Morgan fingerprint density at radius 2 is 1.78 bits per heavy atom. The number of aromatic nitrogens is 1. The lowest BCUT2D eigenvalue weighted by molar-refractivity contribution is 0.194. The molecule has 0 saturated carbocycles. The Bertz CT molecular complexity index is 1440. The number of carbonyl (C=O) groups excluding carboxylic acids is 1. The standard InChI is InChI=1S/C30H32N4O2S/c1-32(2)21-16-14-20(15-17-21)28-25-11-8-18-33(25)29-23(22-9-4-7-13-27(22)37-29)19-34(28)30(35)31-24-10-5-6-12-26(24)36-3/h5-6,8,10-12,14-18,28H,4,7,9,13,19H2,1-3H3,(H,31,35). The zero-order valence-corrected chi connectivity index (χ0v) is 22.3. The maximum absolute atomic E-state index is 14.1. The number of para-hydroxylation sites is 2. The highest BCUT2D eigenvalue weighted by Gasteiger charge is 2.36. The Morgan fingerprint density at radius 1 is 1.00 bits per heavy atom. The smallest absolute Gasteiger partial charge is 0.323 e. The number of ether oxygens (including phenoxy) is 1. The van der Waals surface area contributed by atoms with Crippen molar-refractivity contribution >= 4 is 28.7 Å². The molecular formula is C30H32N4O2S. The van der Waals surface area contributed by atoms with Crippen LogP contribution in [0.1, 0.15) is 46.1 Å². The van der Waals surface area contributed by atoms with Crippen LogP contribution in [0.4, 0.5) is 16.2 Å². The first-order valence-electron chi connectivity index (χ1n) is 12.8. The molecule has 0 saturated heterocycles. The zero-order chi connectivity index (χ0) is 25.5. The van der Waals surface area contributed by atoms with Crippen molar-refractivity contribution in [1.82, 2.24) is 9.47 Å². The number of rotatable bonds is 4. The van der Waals surface area contributed by atoms with Crippen LogP contribution in [-0.2, 0) is 19.4 Å². The molecule has 1 atom stereocenters. The molecular weight excluding hydrogens is 480 g/mol. The molecule has 3 heterocycles. The number of anilines is 2. The maximum Gasteiger partial charge on any atom is 0.323 e. The fraction of sp³-hybridized carbons (Fsp3) is 0.300. The number of nitrogens with zero attached hydrogens (tertiary/aromatic N) is 3. The second-order valence-electron chi connectivity index (χ2n) is 9.94. The molecule has 0 fully saturated rings. The highest BCUT2D eigenvalue weighted by Crippen LogP contribution is 2.44. The average molecular weight is 513 g/mol. The number of amides is 2. The van der Waals surface area contributed by atoms with E-state index in [1.165, 1.54) is 33.8 Å². The van der Waals surface area contributed by atoms with E-state index in [0.29, 0.717) is 18.0 Å². The summed E-state index contributed by atoms with van der Waals surface area (Å²) in [6, 6.07) is 20.0. The minimum Gasteiger partial charge on any atom is -0.495 e. The number of urea groups is 1. The van der Waals surface area contributed by atoms with Crippen LogP contribution >= 0.6 is 11.3 Å². The van der Waals surface area contributed by atoms with Crippen molar-refractivity contribution in [1.29, 1.82) is 0 Å². The summed E-state index contributed by atoms with van der Waals surface area (Å²) in [7, 11) is 5.71. The van der Waals surface area contributed by atoms with Gasteiger partial charge in [-0.3, -0.25) is 0 Å². The summed E-state index contributed by atoms with van der Waals surface area (Å²) in [5.41, 5.74) is 6.73. The fourth-order valence-electron chi connectivity index (χ4n) is 5.63. The van der Waals surface area contributed by atoms with Crippen LogP contribution in [-0.4, -0.2) is 36.7 Å². The first kappa shape index (κ1) is 23.7. The Kier molecular flexibility index (Phi) is 6.16. The van der Waals surface area contributed by atoms with Crippen LogP contribution in [0.3, 0.4) is 0 Å². The second kappa shape index (κ2) is 9.63. The fourth-order valence-corrected chi connectivity index (χ4v) is 7.03. The predicted octanol–water partition coefficient (Wildman–Crippen LogP) is 6.63. The first-order chi connectivity index (χ1) is 18.0. The molecule has 4 aromatic rings. The predicted molar refractivity (Wildman–Crippen MR) is 150 cm³/mol. The Balaban J connectivity index is 1.48. The molecule has 1 N–H and O–H groups in total. The number of carbonyl (C=O) groups is 1. The van der Waals surface area contributed by atoms with Crippen molar-refractivity contribution in [3.63, 3.8) is 0 Å². The van der Waals surface area contributed by atoms with E-state index in [0.717, 1.165) is 29.8 Å². The second-order valence-corrected chi connectivity index (χ2v) is 11.0. The lowest BCUT2D eigenvalue weighted by Crippen LogP contribution is -2.38. The molecule has 2 aliphatic rings. The number of nitrogens with one attached hydrogen (secondary N) is 1. The Morgan fingerprint density at radius 3 is 2.57 bits per heavy atom. The van der Waals surface area contributed by atoms with Gasteiger partial charge in [0.1, 0.15) is 10.8 Å². The van der Waals surface area contributed by atoms with Crippen molar-refractivity contribution in [2.24, 2.45) is 0 Å². The van der Waals surface area contributed by atoms with Crippen LogP contribution in [0.15, 0.2) is 66.9 Å². The molecule has 1 aliphatic carbocycles. The Hall–Kier alpha value is -3.71. The number of fused-ring (bicyclic) bond motifs is 5. The topological polar surface area (TPSA) is 49.7 Å². The maximum atomic E-state index is 14.1. The van der Waals surface area contributed by atoms with Gasteiger partial charge in [0.25, 0.3) is 0 Å². The molecule has 1 unspecified atom stereocenters. The van der Waals surface area contributed by atoms with Crippen molar-refractivity contribution in [2.75, 3.05) is 31.4 Å². The van der Waals surface area contributed by atoms with Crippen molar-refractivity contribution < 1.29 is 9.53 Å². The molecule has 37 heavy (non-hydrogen) atoms. The Labute approximate surface area is 222 Å². The SMILES string of the molecule is COc1ccccc1NC(=O)N1Cc2c(sc3c2CCCC3)-n2cccc2C1c1ccc(N(C)C)cc1. The third-order valence-electron chi connectivity index (χ3n) is 7.51. The molecule has 6 nitrogen and oxygen atoms in total. The number of aryl methyl sites for hydroxylation is 1. The summed E-state index contributed by atoms with van der Waals surface area (Å²) < 4.78 is 7.85. The van der Waals surface area contributed by atoms with Crippen molar-refractivity contribution in [3.05, 3.63) is 94.1 Å². The molecule has 0 bridgehead atoms. The van der Waals surface area contributed by atoms with Gasteiger partial charge in [-0.15, -0.1) is 11.3 Å². The van der Waals surface area contributed by atoms with E-state index in [1.54, 1.807) is 7.11 Å². The lowest BCUT2D eigenvalue weighted by atomic mass is 9.95. The van der Waals surface area contributed by atoms with Crippen molar-refractivity contribution in [3.8, 4) is 10.8 Å². The van der Waals surface area contributed by atoms with Gasteiger partial charge in [-0.1, -0.05) is 24.3 Å².